The third-order valence-corrected chi connectivity index (χ3v) is 2.74. The highest BCUT2D eigenvalue weighted by Gasteiger charge is 2.14. The Balaban J connectivity index is 2.17. The minimum atomic E-state index is -2.99. The summed E-state index contributed by atoms with van der Waals surface area (Å²) in [4.78, 5) is 12.1. The molecule has 0 aromatic heterocycles. The van der Waals surface area contributed by atoms with Gasteiger partial charge in [0.2, 0.25) is 0 Å². The van der Waals surface area contributed by atoms with Gasteiger partial charge in [0.1, 0.15) is 5.82 Å². The summed E-state index contributed by atoms with van der Waals surface area (Å²) in [5.41, 5.74) is 0.584. The van der Waals surface area contributed by atoms with Crippen LogP contribution in [0.3, 0.4) is 0 Å². The van der Waals surface area contributed by atoms with Crippen LogP contribution in [0.4, 0.5) is 18.9 Å². The maximum atomic E-state index is 12.8. The quantitative estimate of drug-likeness (QED) is 0.916. The molecule has 2 aromatic carbocycles. The van der Waals surface area contributed by atoms with Gasteiger partial charge in [-0.2, -0.15) is 8.78 Å². The van der Waals surface area contributed by atoms with Gasteiger partial charge in [0.15, 0.2) is 11.5 Å². The molecule has 0 atom stereocenters. The predicted octanol–water partition coefficient (Wildman–Crippen LogP) is 3.69. The van der Waals surface area contributed by atoms with E-state index >= 15 is 0 Å². The molecule has 0 unspecified atom stereocenters. The molecule has 1 amide bonds. The van der Waals surface area contributed by atoms with E-state index in [0.29, 0.717) is 5.69 Å². The first kappa shape index (κ1) is 15.7. The summed E-state index contributed by atoms with van der Waals surface area (Å²) in [5, 5.41) is 2.55. The summed E-state index contributed by atoms with van der Waals surface area (Å²) in [6.45, 7) is -2.99. The summed E-state index contributed by atoms with van der Waals surface area (Å²) in [5.74, 6) is -1.08. The molecule has 0 fully saturated rings. The Morgan fingerprint density at radius 1 is 1.09 bits per heavy atom. The van der Waals surface area contributed by atoms with Gasteiger partial charge >= 0.3 is 6.61 Å². The SMILES string of the molecule is COc1cc(C(=O)Nc2ccc(F)cc2)ccc1OC(F)F. The van der Waals surface area contributed by atoms with Gasteiger partial charge in [0, 0.05) is 11.3 Å². The number of nitrogens with one attached hydrogen (secondary N) is 1. The number of amides is 1. The number of ether oxygens (including phenoxy) is 2. The molecule has 0 saturated carbocycles. The normalized spacial score (nSPS) is 10.4. The second kappa shape index (κ2) is 6.84. The van der Waals surface area contributed by atoms with Gasteiger partial charge in [-0.25, -0.2) is 4.39 Å². The molecule has 2 rings (SSSR count). The number of alkyl halides is 2. The van der Waals surface area contributed by atoms with E-state index in [-0.39, 0.29) is 17.1 Å². The summed E-state index contributed by atoms with van der Waals surface area (Å²) in [6, 6.07) is 9.02. The molecule has 0 bridgehead atoms. The van der Waals surface area contributed by atoms with E-state index in [1.165, 1.54) is 49.6 Å². The van der Waals surface area contributed by atoms with Crippen molar-refractivity contribution < 1.29 is 27.4 Å². The van der Waals surface area contributed by atoms with Crippen molar-refractivity contribution in [3.8, 4) is 11.5 Å². The van der Waals surface area contributed by atoms with Gasteiger partial charge < -0.3 is 14.8 Å². The van der Waals surface area contributed by atoms with Gasteiger partial charge in [-0.15, -0.1) is 0 Å². The number of hydrogen-bond donors (Lipinski definition) is 1. The monoisotopic (exact) mass is 311 g/mol. The zero-order valence-corrected chi connectivity index (χ0v) is 11.5. The number of anilines is 1. The Kier molecular flexibility index (Phi) is 4.88. The molecule has 4 nitrogen and oxygen atoms in total. The van der Waals surface area contributed by atoms with Crippen LogP contribution in [0, 0.1) is 5.82 Å². The molecule has 0 heterocycles. The van der Waals surface area contributed by atoms with Crippen LogP contribution in [-0.2, 0) is 0 Å². The van der Waals surface area contributed by atoms with Crippen molar-refractivity contribution in [3.05, 3.63) is 53.8 Å². The van der Waals surface area contributed by atoms with Crippen molar-refractivity contribution in [2.75, 3.05) is 12.4 Å². The van der Waals surface area contributed by atoms with Gasteiger partial charge in [-0.1, -0.05) is 0 Å². The number of carbonyl (C=O) groups is 1. The fraction of sp³-hybridized carbons (Fsp3) is 0.133. The van der Waals surface area contributed by atoms with E-state index in [1.807, 2.05) is 0 Å². The van der Waals surface area contributed by atoms with Crippen LogP contribution in [0.15, 0.2) is 42.5 Å². The summed E-state index contributed by atoms with van der Waals surface area (Å²) >= 11 is 0. The van der Waals surface area contributed by atoms with Gasteiger partial charge in [0.25, 0.3) is 5.91 Å². The smallest absolute Gasteiger partial charge is 0.387 e. The molecule has 1 N–H and O–H groups in total. The van der Waals surface area contributed by atoms with Crippen LogP contribution in [0.2, 0.25) is 0 Å². The molecule has 0 saturated heterocycles. The van der Waals surface area contributed by atoms with Gasteiger partial charge in [0.05, 0.1) is 7.11 Å². The minimum absolute atomic E-state index is 0.00653. The molecule has 0 aliphatic heterocycles. The van der Waals surface area contributed by atoms with Gasteiger partial charge in [-0.05, 0) is 42.5 Å². The Labute approximate surface area is 124 Å². The average Bonchev–Trinajstić information content (AvgIpc) is 2.49. The molecular formula is C15H12F3NO3. The van der Waals surface area contributed by atoms with Crippen LogP contribution in [0.5, 0.6) is 11.5 Å². The number of carbonyl (C=O) groups excluding carboxylic acids is 1. The van der Waals surface area contributed by atoms with Crippen LogP contribution >= 0.6 is 0 Å². The third-order valence-electron chi connectivity index (χ3n) is 2.74. The molecule has 0 radical (unpaired) electrons. The average molecular weight is 311 g/mol. The number of hydrogen-bond acceptors (Lipinski definition) is 3. The molecule has 0 spiro atoms. The highest BCUT2D eigenvalue weighted by Crippen LogP contribution is 2.29. The lowest BCUT2D eigenvalue weighted by Gasteiger charge is -2.11. The zero-order chi connectivity index (χ0) is 16.1. The standard InChI is InChI=1S/C15H12F3NO3/c1-21-13-8-9(2-7-12(13)22-15(17)18)14(20)19-11-5-3-10(16)4-6-11/h2-8,15H,1H3,(H,19,20). The lowest BCUT2D eigenvalue weighted by molar-refractivity contribution is -0.0512. The fourth-order valence-corrected chi connectivity index (χ4v) is 1.74. The zero-order valence-electron chi connectivity index (χ0n) is 11.5. The van der Waals surface area contributed by atoms with Crippen molar-refractivity contribution in [1.29, 1.82) is 0 Å². The third kappa shape index (κ3) is 3.91. The Morgan fingerprint density at radius 3 is 2.36 bits per heavy atom. The Hall–Kier alpha value is -2.70. The molecule has 7 heteroatoms. The van der Waals surface area contributed by atoms with E-state index < -0.39 is 18.3 Å². The number of methoxy groups -OCH3 is 1. The van der Waals surface area contributed by atoms with Crippen LogP contribution in [-0.4, -0.2) is 19.6 Å². The van der Waals surface area contributed by atoms with E-state index in [0.717, 1.165) is 0 Å². The topological polar surface area (TPSA) is 47.6 Å². The first-order chi connectivity index (χ1) is 10.5. The summed E-state index contributed by atoms with van der Waals surface area (Å²) in [7, 11) is 1.27. The highest BCUT2D eigenvalue weighted by molar-refractivity contribution is 6.04. The Morgan fingerprint density at radius 2 is 1.77 bits per heavy atom. The second-order valence-electron chi connectivity index (χ2n) is 4.21. The van der Waals surface area contributed by atoms with Crippen LogP contribution < -0.4 is 14.8 Å². The molecule has 116 valence electrons. The summed E-state index contributed by atoms with van der Waals surface area (Å²) in [6.07, 6.45) is 0. The Bertz CT molecular complexity index is 660. The molecule has 22 heavy (non-hydrogen) atoms. The first-order valence-electron chi connectivity index (χ1n) is 6.19. The van der Waals surface area contributed by atoms with E-state index in [4.69, 9.17) is 4.74 Å². The minimum Gasteiger partial charge on any atom is -0.493 e. The maximum Gasteiger partial charge on any atom is 0.387 e. The predicted molar refractivity (Wildman–Crippen MR) is 74.0 cm³/mol. The number of rotatable bonds is 5. The fourth-order valence-electron chi connectivity index (χ4n) is 1.74. The van der Waals surface area contributed by atoms with Crippen LogP contribution in [0.25, 0.3) is 0 Å². The van der Waals surface area contributed by atoms with Crippen molar-refractivity contribution in [2.45, 2.75) is 6.61 Å². The van der Waals surface area contributed by atoms with E-state index in [2.05, 4.69) is 10.1 Å². The molecule has 0 aliphatic carbocycles. The van der Waals surface area contributed by atoms with E-state index in [9.17, 15) is 18.0 Å². The largest absolute Gasteiger partial charge is 0.493 e. The second-order valence-corrected chi connectivity index (χ2v) is 4.21. The van der Waals surface area contributed by atoms with Crippen molar-refractivity contribution in [1.82, 2.24) is 0 Å². The van der Waals surface area contributed by atoms with Gasteiger partial charge in [-0.3, -0.25) is 4.79 Å². The molecule has 2 aromatic rings. The van der Waals surface area contributed by atoms with E-state index in [1.54, 1.807) is 0 Å². The van der Waals surface area contributed by atoms with Crippen molar-refractivity contribution in [2.24, 2.45) is 0 Å². The maximum absolute atomic E-state index is 12.8. The highest BCUT2D eigenvalue weighted by atomic mass is 19.3. The number of halogens is 3. The number of benzene rings is 2. The lowest BCUT2D eigenvalue weighted by atomic mass is 10.2. The molecular weight excluding hydrogens is 299 g/mol. The van der Waals surface area contributed by atoms with Crippen molar-refractivity contribution >= 4 is 11.6 Å². The van der Waals surface area contributed by atoms with Crippen molar-refractivity contribution in [3.63, 3.8) is 0 Å². The molecule has 0 aliphatic rings. The first-order valence-corrected chi connectivity index (χ1v) is 6.19. The lowest BCUT2D eigenvalue weighted by Crippen LogP contribution is -2.12. The van der Waals surface area contributed by atoms with Crippen LogP contribution in [0.1, 0.15) is 10.4 Å². The summed E-state index contributed by atoms with van der Waals surface area (Å²) < 4.78 is 46.4.